The molecule has 1 unspecified atom stereocenters. The van der Waals surface area contributed by atoms with Gasteiger partial charge in [-0.3, -0.25) is 28.9 Å². The molecule has 2 aliphatic rings. The fourth-order valence-electron chi connectivity index (χ4n) is 4.01. The van der Waals surface area contributed by atoms with Gasteiger partial charge in [0.15, 0.2) is 0 Å². The minimum absolute atomic E-state index is 0.133. The summed E-state index contributed by atoms with van der Waals surface area (Å²) in [5.41, 5.74) is 0.434. The Kier molecular flexibility index (Phi) is 8.25. The van der Waals surface area contributed by atoms with Gasteiger partial charge >= 0.3 is 0 Å². The Bertz CT molecular complexity index is 921. The molecule has 1 atom stereocenters. The first-order valence-electron chi connectivity index (χ1n) is 11.6. The van der Waals surface area contributed by atoms with Gasteiger partial charge in [-0.2, -0.15) is 0 Å². The summed E-state index contributed by atoms with van der Waals surface area (Å²) in [6.45, 7) is 7.13. The summed E-state index contributed by atoms with van der Waals surface area (Å²) >= 11 is 0. The Hall–Kier alpha value is -3.43. The molecule has 5 amide bonds. The van der Waals surface area contributed by atoms with E-state index in [-0.39, 0.29) is 54.8 Å². The van der Waals surface area contributed by atoms with Crippen LogP contribution >= 0.6 is 0 Å². The van der Waals surface area contributed by atoms with Gasteiger partial charge in [-0.25, -0.2) is 0 Å². The molecule has 2 fully saturated rings. The van der Waals surface area contributed by atoms with Crippen LogP contribution in [0.5, 0.6) is 5.75 Å². The second-order valence-corrected chi connectivity index (χ2v) is 8.73. The van der Waals surface area contributed by atoms with Gasteiger partial charge in [0.05, 0.1) is 6.61 Å². The molecule has 0 radical (unpaired) electrons. The van der Waals surface area contributed by atoms with E-state index in [0.29, 0.717) is 44.1 Å². The third-order valence-electron chi connectivity index (χ3n) is 6.04. The van der Waals surface area contributed by atoms with Crippen molar-refractivity contribution < 1.29 is 28.7 Å². The van der Waals surface area contributed by atoms with E-state index in [4.69, 9.17) is 4.74 Å². The van der Waals surface area contributed by atoms with Crippen LogP contribution in [0.3, 0.4) is 0 Å². The zero-order valence-corrected chi connectivity index (χ0v) is 19.9. The van der Waals surface area contributed by atoms with E-state index in [1.807, 2.05) is 20.8 Å². The summed E-state index contributed by atoms with van der Waals surface area (Å²) < 4.78 is 5.39. The summed E-state index contributed by atoms with van der Waals surface area (Å²) in [6.07, 6.45) is 0.292. The summed E-state index contributed by atoms with van der Waals surface area (Å²) in [6, 6.07) is 6.03. The van der Waals surface area contributed by atoms with Crippen molar-refractivity contribution in [3.8, 4) is 5.75 Å². The van der Waals surface area contributed by atoms with Crippen LogP contribution in [0.15, 0.2) is 24.3 Å². The van der Waals surface area contributed by atoms with Crippen LogP contribution in [0.25, 0.3) is 0 Å². The summed E-state index contributed by atoms with van der Waals surface area (Å²) in [7, 11) is 0. The zero-order valence-electron chi connectivity index (χ0n) is 19.9. The highest BCUT2D eigenvalue weighted by Gasteiger charge is 2.34. The predicted octanol–water partition coefficient (Wildman–Crippen LogP) is 0.660. The molecule has 0 saturated carbocycles. The van der Waals surface area contributed by atoms with Gasteiger partial charge in [-0.1, -0.05) is 13.8 Å². The van der Waals surface area contributed by atoms with Crippen LogP contribution in [-0.4, -0.2) is 89.6 Å². The Balaban J connectivity index is 1.55. The molecule has 0 spiro atoms. The van der Waals surface area contributed by atoms with E-state index < -0.39 is 6.04 Å². The number of likely N-dealkylation sites (tertiary alicyclic amines) is 1. The maximum absolute atomic E-state index is 13.2. The normalized spacial score (nSPS) is 17.2. The monoisotopic (exact) mass is 472 g/mol. The number of carbonyl (C=O) groups is 5. The lowest BCUT2D eigenvalue weighted by Crippen LogP contribution is -2.58. The SMILES string of the molecule is CCOc1ccc(C(=O)NC(C(=O)N2CCN(C(=O)CN3C(=O)CCC3=O)CC2)C(C)C)cc1. The van der Waals surface area contributed by atoms with Crippen molar-refractivity contribution in [3.05, 3.63) is 29.8 Å². The van der Waals surface area contributed by atoms with E-state index in [0.717, 1.165) is 4.90 Å². The first-order chi connectivity index (χ1) is 16.2. The maximum atomic E-state index is 13.2. The van der Waals surface area contributed by atoms with E-state index in [9.17, 15) is 24.0 Å². The first kappa shape index (κ1) is 25.2. The number of nitrogens with zero attached hydrogens (tertiary/aromatic N) is 3. The molecule has 2 saturated heterocycles. The molecule has 2 heterocycles. The molecule has 0 aromatic heterocycles. The lowest BCUT2D eigenvalue weighted by Gasteiger charge is -2.37. The quantitative estimate of drug-likeness (QED) is 0.556. The second kappa shape index (κ2) is 11.1. The average Bonchev–Trinajstić information content (AvgIpc) is 3.14. The van der Waals surface area contributed by atoms with Crippen LogP contribution < -0.4 is 10.1 Å². The number of benzene rings is 1. The number of amides is 5. The molecular formula is C24H32N4O6. The lowest BCUT2D eigenvalue weighted by atomic mass is 10.0. The van der Waals surface area contributed by atoms with Crippen molar-refractivity contribution >= 4 is 29.5 Å². The van der Waals surface area contributed by atoms with Crippen LogP contribution in [0.1, 0.15) is 44.0 Å². The third kappa shape index (κ3) is 5.92. The lowest BCUT2D eigenvalue weighted by molar-refractivity contribution is -0.147. The maximum Gasteiger partial charge on any atom is 0.251 e. The molecule has 0 aliphatic carbocycles. The molecule has 34 heavy (non-hydrogen) atoms. The largest absolute Gasteiger partial charge is 0.494 e. The molecule has 0 bridgehead atoms. The Labute approximate surface area is 199 Å². The Morgan fingerprint density at radius 2 is 1.50 bits per heavy atom. The van der Waals surface area contributed by atoms with Crippen LogP contribution in [0, 0.1) is 5.92 Å². The molecule has 1 N–H and O–H groups in total. The minimum atomic E-state index is -0.707. The number of hydrogen-bond acceptors (Lipinski definition) is 6. The minimum Gasteiger partial charge on any atom is -0.494 e. The van der Waals surface area contributed by atoms with Gasteiger partial charge in [0.1, 0.15) is 18.3 Å². The number of carbonyl (C=O) groups excluding carboxylic acids is 5. The smallest absolute Gasteiger partial charge is 0.251 e. The number of hydrogen-bond donors (Lipinski definition) is 1. The second-order valence-electron chi connectivity index (χ2n) is 8.73. The first-order valence-corrected chi connectivity index (χ1v) is 11.6. The van der Waals surface area contributed by atoms with Gasteiger partial charge in [0.25, 0.3) is 5.91 Å². The van der Waals surface area contributed by atoms with Gasteiger partial charge < -0.3 is 19.9 Å². The van der Waals surface area contributed by atoms with Crippen molar-refractivity contribution in [1.82, 2.24) is 20.0 Å². The Morgan fingerprint density at radius 1 is 0.941 bits per heavy atom. The number of rotatable bonds is 8. The molecule has 1 aromatic carbocycles. The van der Waals surface area contributed by atoms with E-state index >= 15 is 0 Å². The van der Waals surface area contributed by atoms with Crippen LogP contribution in [0.2, 0.25) is 0 Å². The summed E-state index contributed by atoms with van der Waals surface area (Å²) in [5.74, 6) is -0.965. The highest BCUT2D eigenvalue weighted by molar-refractivity contribution is 6.04. The van der Waals surface area contributed by atoms with Crippen LogP contribution in [0.4, 0.5) is 0 Å². The van der Waals surface area contributed by atoms with Gasteiger partial charge in [-0.15, -0.1) is 0 Å². The van der Waals surface area contributed by atoms with Crippen molar-refractivity contribution in [2.24, 2.45) is 5.92 Å². The van der Waals surface area contributed by atoms with Crippen molar-refractivity contribution in [3.63, 3.8) is 0 Å². The highest BCUT2D eigenvalue weighted by Crippen LogP contribution is 2.15. The van der Waals surface area contributed by atoms with Gasteiger partial charge in [0.2, 0.25) is 23.6 Å². The molecule has 2 aliphatic heterocycles. The van der Waals surface area contributed by atoms with E-state index in [2.05, 4.69) is 5.32 Å². The van der Waals surface area contributed by atoms with Gasteiger partial charge in [0, 0.05) is 44.6 Å². The molecule has 184 valence electrons. The molecule has 10 nitrogen and oxygen atoms in total. The molecular weight excluding hydrogens is 440 g/mol. The zero-order chi connectivity index (χ0) is 24.8. The fraction of sp³-hybridized carbons (Fsp3) is 0.542. The summed E-state index contributed by atoms with van der Waals surface area (Å²) in [5, 5.41) is 2.84. The van der Waals surface area contributed by atoms with Crippen molar-refractivity contribution in [1.29, 1.82) is 0 Å². The van der Waals surface area contributed by atoms with E-state index in [1.54, 1.807) is 34.1 Å². The molecule has 3 rings (SSSR count). The third-order valence-corrected chi connectivity index (χ3v) is 6.04. The predicted molar refractivity (Wildman–Crippen MR) is 123 cm³/mol. The van der Waals surface area contributed by atoms with Crippen LogP contribution in [-0.2, 0) is 19.2 Å². The Morgan fingerprint density at radius 3 is 2.03 bits per heavy atom. The topological polar surface area (TPSA) is 116 Å². The van der Waals surface area contributed by atoms with Crippen molar-refractivity contribution in [2.75, 3.05) is 39.3 Å². The number of nitrogens with one attached hydrogen (secondary N) is 1. The number of ether oxygens (including phenoxy) is 1. The molecule has 1 aromatic rings. The summed E-state index contributed by atoms with van der Waals surface area (Å²) in [4.78, 5) is 66.2. The van der Waals surface area contributed by atoms with E-state index in [1.165, 1.54) is 0 Å². The standard InChI is InChI=1S/C24H32N4O6/c1-4-34-18-7-5-17(6-8-18)23(32)25-22(16(2)3)24(33)27-13-11-26(12-14-27)21(31)15-28-19(29)9-10-20(28)30/h5-8,16,22H,4,9-15H2,1-3H3,(H,25,32). The molecule has 10 heteroatoms. The van der Waals surface area contributed by atoms with Crippen molar-refractivity contribution in [2.45, 2.75) is 39.7 Å². The average molecular weight is 473 g/mol. The van der Waals surface area contributed by atoms with Gasteiger partial charge in [-0.05, 0) is 37.1 Å². The number of imide groups is 1. The highest BCUT2D eigenvalue weighted by atomic mass is 16.5. The fourth-order valence-corrected chi connectivity index (χ4v) is 4.01. The number of piperazine rings is 1.